The molecule has 0 bridgehead atoms. The van der Waals surface area contributed by atoms with Gasteiger partial charge in [-0.05, 0) is 42.2 Å². The summed E-state index contributed by atoms with van der Waals surface area (Å²) >= 11 is 6.01. The van der Waals surface area contributed by atoms with E-state index in [0.717, 1.165) is 17.7 Å². The summed E-state index contributed by atoms with van der Waals surface area (Å²) in [5.41, 5.74) is 2.81. The molecule has 0 saturated heterocycles. The van der Waals surface area contributed by atoms with Crippen molar-refractivity contribution in [2.45, 2.75) is 39.5 Å². The number of halogens is 1. The fraction of sp³-hybridized carbons (Fsp3) is 0.321. The van der Waals surface area contributed by atoms with Crippen LogP contribution in [0.15, 0.2) is 64.0 Å². The average Bonchev–Trinajstić information content (AvgIpc) is 3.34. The summed E-state index contributed by atoms with van der Waals surface area (Å²) in [7, 11) is 3.09. The number of aryl methyl sites for hydroxylation is 1. The monoisotopic (exact) mass is 507 g/mol. The quantitative estimate of drug-likeness (QED) is 0.412. The Bertz CT molecular complexity index is 1350. The predicted octanol–water partition coefficient (Wildman–Crippen LogP) is 5.52. The fourth-order valence-electron chi connectivity index (χ4n) is 4.21. The van der Waals surface area contributed by atoms with Gasteiger partial charge in [0.2, 0.25) is 5.88 Å². The Morgan fingerprint density at radius 1 is 1.08 bits per heavy atom. The molecule has 0 amide bonds. The zero-order valence-corrected chi connectivity index (χ0v) is 21.7. The first kappa shape index (κ1) is 25.5. The number of para-hydroxylation sites is 1. The van der Waals surface area contributed by atoms with E-state index in [-0.39, 0.29) is 23.4 Å². The Morgan fingerprint density at radius 2 is 1.75 bits per heavy atom. The van der Waals surface area contributed by atoms with Crippen molar-refractivity contribution in [1.82, 2.24) is 9.55 Å². The van der Waals surface area contributed by atoms with E-state index >= 15 is 0 Å². The predicted molar refractivity (Wildman–Crippen MR) is 142 cm³/mol. The lowest BCUT2D eigenvalue weighted by atomic mass is 10.1. The van der Waals surface area contributed by atoms with Crippen LogP contribution >= 0.6 is 11.6 Å². The molecular weight excluding hydrogens is 478 g/mol. The molecule has 7 nitrogen and oxygen atoms in total. The summed E-state index contributed by atoms with van der Waals surface area (Å²) < 4.78 is 12.7. The standard InChI is InChI=1S/C28H30ClN3O4/c1-17(2)8-15-25-31-27(33)21(16-20-13-14-22(30-20)18-9-11-19(29)12-10-18)28(34)32(25)26-23(35-3)6-5-7-24(26)36-4/h5-7,9-13,17,33H,8,14-16H2,1-4H3. The molecule has 0 atom stereocenters. The van der Waals surface area contributed by atoms with Crippen LogP contribution in [0.1, 0.15) is 43.6 Å². The summed E-state index contributed by atoms with van der Waals surface area (Å²) in [6.45, 7) is 4.20. The molecule has 8 heteroatoms. The molecule has 188 valence electrons. The normalized spacial score (nSPS) is 13.1. The number of aromatic nitrogens is 2. The van der Waals surface area contributed by atoms with Gasteiger partial charge >= 0.3 is 0 Å². The van der Waals surface area contributed by atoms with Crippen LogP contribution in [0.2, 0.25) is 5.02 Å². The molecule has 1 aromatic heterocycles. The number of benzene rings is 2. The van der Waals surface area contributed by atoms with Crippen LogP contribution in [-0.2, 0) is 12.8 Å². The maximum atomic E-state index is 13.9. The molecule has 3 aromatic rings. The highest BCUT2D eigenvalue weighted by Crippen LogP contribution is 2.33. The van der Waals surface area contributed by atoms with E-state index < -0.39 is 0 Å². The van der Waals surface area contributed by atoms with Gasteiger partial charge in [0.05, 0.1) is 25.5 Å². The fourth-order valence-corrected chi connectivity index (χ4v) is 4.33. The van der Waals surface area contributed by atoms with Gasteiger partial charge in [-0.25, -0.2) is 0 Å². The molecule has 2 heterocycles. The molecular formula is C28H30ClN3O4. The third-order valence-electron chi connectivity index (χ3n) is 6.14. The molecule has 0 spiro atoms. The van der Waals surface area contributed by atoms with Crippen molar-refractivity contribution in [2.24, 2.45) is 10.9 Å². The first-order chi connectivity index (χ1) is 17.3. The molecule has 0 saturated carbocycles. The highest BCUT2D eigenvalue weighted by molar-refractivity contribution is 6.30. The van der Waals surface area contributed by atoms with Gasteiger partial charge in [-0.1, -0.05) is 49.7 Å². The zero-order chi connectivity index (χ0) is 25.8. The van der Waals surface area contributed by atoms with E-state index in [1.807, 2.05) is 30.3 Å². The van der Waals surface area contributed by atoms with Crippen LogP contribution in [0.5, 0.6) is 17.4 Å². The summed E-state index contributed by atoms with van der Waals surface area (Å²) in [5, 5.41) is 11.5. The smallest absolute Gasteiger partial charge is 0.265 e. The second-order valence-corrected chi connectivity index (χ2v) is 9.49. The summed E-state index contributed by atoms with van der Waals surface area (Å²) in [6.07, 6.45) is 4.04. The van der Waals surface area contributed by atoms with Gasteiger partial charge in [0.15, 0.2) is 0 Å². The second kappa shape index (κ2) is 11.0. The third kappa shape index (κ3) is 5.31. The molecule has 1 aliphatic heterocycles. The number of hydrogen-bond acceptors (Lipinski definition) is 6. The molecule has 36 heavy (non-hydrogen) atoms. The second-order valence-electron chi connectivity index (χ2n) is 9.06. The first-order valence-electron chi connectivity index (χ1n) is 11.9. The van der Waals surface area contributed by atoms with E-state index in [1.165, 1.54) is 4.57 Å². The highest BCUT2D eigenvalue weighted by atomic mass is 35.5. The Balaban J connectivity index is 1.79. The number of methoxy groups -OCH3 is 2. The first-order valence-corrected chi connectivity index (χ1v) is 12.3. The van der Waals surface area contributed by atoms with Crippen LogP contribution in [0, 0.1) is 5.92 Å². The van der Waals surface area contributed by atoms with Crippen molar-refractivity contribution in [1.29, 1.82) is 0 Å². The van der Waals surface area contributed by atoms with Crippen molar-refractivity contribution in [3.63, 3.8) is 0 Å². The van der Waals surface area contributed by atoms with E-state index in [9.17, 15) is 9.90 Å². The molecule has 1 aliphatic rings. The molecule has 0 unspecified atom stereocenters. The van der Waals surface area contributed by atoms with Crippen LogP contribution in [0.3, 0.4) is 0 Å². The third-order valence-corrected chi connectivity index (χ3v) is 6.39. The lowest BCUT2D eigenvalue weighted by molar-refractivity contribution is 0.387. The number of nitrogens with zero attached hydrogens (tertiary/aromatic N) is 3. The number of aromatic hydroxyl groups is 1. The van der Waals surface area contributed by atoms with E-state index in [2.05, 4.69) is 18.8 Å². The Kier molecular flexibility index (Phi) is 7.79. The number of aliphatic imine (C=N–C) groups is 1. The lowest BCUT2D eigenvalue weighted by Gasteiger charge is -2.20. The van der Waals surface area contributed by atoms with E-state index in [4.69, 9.17) is 26.1 Å². The van der Waals surface area contributed by atoms with E-state index in [1.54, 1.807) is 32.4 Å². The highest BCUT2D eigenvalue weighted by Gasteiger charge is 2.24. The molecule has 0 aliphatic carbocycles. The van der Waals surface area contributed by atoms with Crippen LogP contribution in [0.25, 0.3) is 5.69 Å². The maximum Gasteiger partial charge on any atom is 0.265 e. The number of rotatable bonds is 9. The van der Waals surface area contributed by atoms with Gasteiger partial charge in [0, 0.05) is 30.0 Å². The molecule has 0 fully saturated rings. The molecule has 2 aromatic carbocycles. The minimum atomic E-state index is -0.375. The minimum absolute atomic E-state index is 0.149. The van der Waals surface area contributed by atoms with Crippen LogP contribution in [-0.4, -0.2) is 34.6 Å². The van der Waals surface area contributed by atoms with Crippen molar-refractivity contribution < 1.29 is 14.6 Å². The number of ether oxygens (including phenoxy) is 2. The Morgan fingerprint density at radius 3 is 2.36 bits per heavy atom. The molecule has 4 rings (SSSR count). The Labute approximate surface area is 215 Å². The van der Waals surface area contributed by atoms with Crippen molar-refractivity contribution >= 4 is 17.3 Å². The summed E-state index contributed by atoms with van der Waals surface area (Å²) in [5.74, 6) is 1.51. The number of hydrogen-bond donors (Lipinski definition) is 1. The van der Waals surface area contributed by atoms with Crippen molar-refractivity contribution in [2.75, 3.05) is 14.2 Å². The van der Waals surface area contributed by atoms with Crippen molar-refractivity contribution in [3.05, 3.63) is 86.6 Å². The van der Waals surface area contributed by atoms with Gasteiger partial charge in [-0.2, -0.15) is 4.98 Å². The topological polar surface area (TPSA) is 85.9 Å². The average molecular weight is 508 g/mol. The SMILES string of the molecule is COc1cccc(OC)c1-n1c(CCC(C)C)nc(O)c(CC2=CCC(c3ccc(Cl)cc3)=N2)c1=O. The number of allylic oxidation sites excluding steroid dienone is 2. The van der Waals surface area contributed by atoms with E-state index in [0.29, 0.717) is 52.5 Å². The van der Waals surface area contributed by atoms with Gasteiger partial charge in [-0.3, -0.25) is 14.4 Å². The zero-order valence-electron chi connectivity index (χ0n) is 20.9. The molecule has 1 N–H and O–H groups in total. The minimum Gasteiger partial charge on any atom is -0.494 e. The van der Waals surface area contributed by atoms with Crippen molar-refractivity contribution in [3.8, 4) is 23.1 Å². The summed E-state index contributed by atoms with van der Waals surface area (Å²) in [4.78, 5) is 23.1. The largest absolute Gasteiger partial charge is 0.494 e. The molecule has 0 radical (unpaired) electrons. The van der Waals surface area contributed by atoms with Gasteiger partial charge in [0.25, 0.3) is 5.56 Å². The maximum absolute atomic E-state index is 13.9. The van der Waals surface area contributed by atoms with Gasteiger partial charge in [-0.15, -0.1) is 0 Å². The van der Waals surface area contributed by atoms with Crippen LogP contribution in [0.4, 0.5) is 0 Å². The van der Waals surface area contributed by atoms with Gasteiger partial charge in [0.1, 0.15) is 23.0 Å². The summed E-state index contributed by atoms with van der Waals surface area (Å²) in [6, 6.07) is 12.8. The van der Waals surface area contributed by atoms with Gasteiger partial charge < -0.3 is 14.6 Å². The lowest BCUT2D eigenvalue weighted by Crippen LogP contribution is -2.28. The van der Waals surface area contributed by atoms with Crippen LogP contribution < -0.4 is 15.0 Å². The Hall–Kier alpha value is -3.58.